The molecular formula is C16H13BrClNO3. The summed E-state index contributed by atoms with van der Waals surface area (Å²) >= 11 is 9.09. The summed E-state index contributed by atoms with van der Waals surface area (Å²) in [6, 6.07) is 13.9. The Morgan fingerprint density at radius 1 is 1.14 bits per heavy atom. The molecule has 2 aromatic carbocycles. The van der Waals surface area contributed by atoms with Gasteiger partial charge in [-0.2, -0.15) is 0 Å². The van der Waals surface area contributed by atoms with Gasteiger partial charge in [0.15, 0.2) is 0 Å². The second kappa shape index (κ2) is 7.96. The molecule has 0 aromatic heterocycles. The highest BCUT2D eigenvalue weighted by molar-refractivity contribution is 9.10. The van der Waals surface area contributed by atoms with Crippen LogP contribution in [0.4, 0.5) is 0 Å². The fourth-order valence-corrected chi connectivity index (χ4v) is 2.27. The van der Waals surface area contributed by atoms with Gasteiger partial charge in [0.2, 0.25) is 0 Å². The molecule has 0 aliphatic carbocycles. The third kappa shape index (κ3) is 5.16. The van der Waals surface area contributed by atoms with Crippen LogP contribution >= 0.6 is 27.5 Å². The summed E-state index contributed by atoms with van der Waals surface area (Å²) < 4.78 is 6.01. The lowest BCUT2D eigenvalue weighted by atomic mass is 10.2. The van der Waals surface area contributed by atoms with Crippen molar-refractivity contribution in [3.63, 3.8) is 0 Å². The molecule has 0 atom stereocenters. The fraction of sp³-hybridized carbons (Fsp3) is 0.125. The Kier molecular flexibility index (Phi) is 5.98. The third-order valence-corrected chi connectivity index (χ3v) is 3.53. The average Bonchev–Trinajstić information content (AvgIpc) is 2.51. The number of nitrogens with one attached hydrogen (secondary N) is 1. The van der Waals surface area contributed by atoms with Crippen LogP contribution in [0.1, 0.15) is 15.9 Å². The molecule has 0 saturated carbocycles. The summed E-state index contributed by atoms with van der Waals surface area (Å²) in [7, 11) is 0. The fourth-order valence-electron chi connectivity index (χ4n) is 1.70. The average molecular weight is 383 g/mol. The van der Waals surface area contributed by atoms with Gasteiger partial charge in [-0.3, -0.25) is 9.59 Å². The highest BCUT2D eigenvalue weighted by Crippen LogP contribution is 2.12. The van der Waals surface area contributed by atoms with Gasteiger partial charge in [-0.25, -0.2) is 0 Å². The summed E-state index contributed by atoms with van der Waals surface area (Å²) in [6.07, 6.45) is 0. The van der Waals surface area contributed by atoms with Crippen molar-refractivity contribution in [1.82, 2.24) is 5.32 Å². The number of hydrogen-bond donors (Lipinski definition) is 1. The van der Waals surface area contributed by atoms with E-state index in [-0.39, 0.29) is 19.1 Å². The van der Waals surface area contributed by atoms with Crippen LogP contribution in [0.5, 0.6) is 0 Å². The molecule has 0 saturated heterocycles. The molecule has 0 unspecified atom stereocenters. The minimum Gasteiger partial charge on any atom is -0.460 e. The molecule has 0 fully saturated rings. The lowest BCUT2D eigenvalue weighted by molar-refractivity contribution is -0.143. The predicted molar refractivity (Wildman–Crippen MR) is 87.7 cm³/mol. The van der Waals surface area contributed by atoms with E-state index in [1.165, 1.54) is 0 Å². The van der Waals surface area contributed by atoms with Gasteiger partial charge < -0.3 is 10.1 Å². The van der Waals surface area contributed by atoms with Gasteiger partial charge >= 0.3 is 5.97 Å². The van der Waals surface area contributed by atoms with Crippen LogP contribution < -0.4 is 5.32 Å². The molecule has 0 heterocycles. The highest BCUT2D eigenvalue weighted by Gasteiger charge is 2.09. The Morgan fingerprint density at radius 2 is 1.86 bits per heavy atom. The van der Waals surface area contributed by atoms with E-state index in [1.807, 2.05) is 24.3 Å². The van der Waals surface area contributed by atoms with Crippen LogP contribution in [0.15, 0.2) is 53.0 Å². The summed E-state index contributed by atoms with van der Waals surface area (Å²) in [5, 5.41) is 3.05. The van der Waals surface area contributed by atoms with Crippen molar-refractivity contribution < 1.29 is 14.3 Å². The second-order valence-corrected chi connectivity index (χ2v) is 5.83. The Labute approximate surface area is 141 Å². The molecule has 6 heteroatoms. The smallest absolute Gasteiger partial charge is 0.325 e. The van der Waals surface area contributed by atoms with Gasteiger partial charge in [0.1, 0.15) is 13.2 Å². The highest BCUT2D eigenvalue weighted by atomic mass is 79.9. The standard InChI is InChI=1S/C16H13BrClNO3/c17-13-3-1-2-11(8-13)10-22-15(20)9-19-16(21)12-4-6-14(18)7-5-12/h1-8H,9-10H2,(H,19,21). The zero-order chi connectivity index (χ0) is 15.9. The molecule has 0 spiro atoms. The largest absolute Gasteiger partial charge is 0.460 e. The lowest BCUT2D eigenvalue weighted by Crippen LogP contribution is -2.30. The van der Waals surface area contributed by atoms with E-state index in [2.05, 4.69) is 21.2 Å². The van der Waals surface area contributed by atoms with Crippen LogP contribution in [0.25, 0.3) is 0 Å². The number of carbonyl (C=O) groups excluding carboxylic acids is 2. The molecule has 2 aromatic rings. The number of rotatable bonds is 5. The van der Waals surface area contributed by atoms with Crippen molar-refractivity contribution in [2.45, 2.75) is 6.61 Å². The monoisotopic (exact) mass is 381 g/mol. The van der Waals surface area contributed by atoms with Crippen LogP contribution in [0.2, 0.25) is 5.02 Å². The van der Waals surface area contributed by atoms with Gasteiger partial charge in [0, 0.05) is 15.1 Å². The second-order valence-electron chi connectivity index (χ2n) is 4.48. The first-order valence-corrected chi connectivity index (χ1v) is 7.65. The Bertz CT molecular complexity index is 673. The number of hydrogen-bond acceptors (Lipinski definition) is 3. The molecule has 1 amide bonds. The Morgan fingerprint density at radius 3 is 2.55 bits per heavy atom. The number of carbonyl (C=O) groups is 2. The van der Waals surface area contributed by atoms with Gasteiger partial charge in [0.25, 0.3) is 5.91 Å². The van der Waals surface area contributed by atoms with Crippen LogP contribution in [0.3, 0.4) is 0 Å². The Balaban J connectivity index is 1.78. The predicted octanol–water partition coefficient (Wildman–Crippen LogP) is 3.58. The molecule has 2 rings (SSSR count). The molecule has 114 valence electrons. The van der Waals surface area contributed by atoms with Crippen molar-refractivity contribution in [3.8, 4) is 0 Å². The lowest BCUT2D eigenvalue weighted by Gasteiger charge is -2.07. The molecule has 22 heavy (non-hydrogen) atoms. The molecule has 1 N–H and O–H groups in total. The summed E-state index contributed by atoms with van der Waals surface area (Å²) in [5.74, 6) is -0.849. The van der Waals surface area contributed by atoms with E-state index >= 15 is 0 Å². The maximum Gasteiger partial charge on any atom is 0.325 e. The molecule has 4 nitrogen and oxygen atoms in total. The molecular weight excluding hydrogens is 370 g/mol. The van der Waals surface area contributed by atoms with E-state index in [1.54, 1.807) is 24.3 Å². The maximum atomic E-state index is 11.8. The van der Waals surface area contributed by atoms with E-state index in [0.29, 0.717) is 10.6 Å². The van der Waals surface area contributed by atoms with Gasteiger partial charge in [0.05, 0.1) is 0 Å². The van der Waals surface area contributed by atoms with Crippen LogP contribution in [0, 0.1) is 0 Å². The minimum absolute atomic E-state index is 0.162. The molecule has 0 bridgehead atoms. The van der Waals surface area contributed by atoms with E-state index in [9.17, 15) is 9.59 Å². The quantitative estimate of drug-likeness (QED) is 0.804. The SMILES string of the molecule is O=C(CNC(=O)c1ccc(Cl)cc1)OCc1cccc(Br)c1. The first kappa shape index (κ1) is 16.5. The third-order valence-electron chi connectivity index (χ3n) is 2.79. The molecule has 0 radical (unpaired) electrons. The van der Waals surface area contributed by atoms with Gasteiger partial charge in [-0.1, -0.05) is 39.7 Å². The van der Waals surface area contributed by atoms with Crippen molar-refractivity contribution in [2.24, 2.45) is 0 Å². The van der Waals surface area contributed by atoms with Crippen molar-refractivity contribution >= 4 is 39.4 Å². The zero-order valence-electron chi connectivity index (χ0n) is 11.5. The van der Waals surface area contributed by atoms with Crippen molar-refractivity contribution in [3.05, 3.63) is 69.2 Å². The van der Waals surface area contributed by atoms with E-state index in [0.717, 1.165) is 10.0 Å². The van der Waals surface area contributed by atoms with Crippen molar-refractivity contribution in [1.29, 1.82) is 0 Å². The number of halogens is 2. The first-order chi connectivity index (χ1) is 10.5. The number of benzene rings is 2. The topological polar surface area (TPSA) is 55.4 Å². The number of ether oxygens (including phenoxy) is 1. The molecule has 0 aliphatic heterocycles. The Hall–Kier alpha value is -1.85. The van der Waals surface area contributed by atoms with E-state index in [4.69, 9.17) is 16.3 Å². The summed E-state index contributed by atoms with van der Waals surface area (Å²) in [4.78, 5) is 23.4. The number of amides is 1. The van der Waals surface area contributed by atoms with Crippen LogP contribution in [-0.2, 0) is 16.1 Å². The van der Waals surface area contributed by atoms with Crippen molar-refractivity contribution in [2.75, 3.05) is 6.54 Å². The number of esters is 1. The van der Waals surface area contributed by atoms with Crippen LogP contribution in [-0.4, -0.2) is 18.4 Å². The normalized spacial score (nSPS) is 10.1. The summed E-state index contributed by atoms with van der Waals surface area (Å²) in [6.45, 7) is -0.0233. The zero-order valence-corrected chi connectivity index (χ0v) is 13.9. The molecule has 0 aliphatic rings. The van der Waals surface area contributed by atoms with Gasteiger partial charge in [-0.05, 0) is 42.0 Å². The first-order valence-electron chi connectivity index (χ1n) is 6.48. The summed E-state index contributed by atoms with van der Waals surface area (Å²) in [5.41, 5.74) is 1.30. The van der Waals surface area contributed by atoms with E-state index < -0.39 is 5.97 Å². The maximum absolute atomic E-state index is 11.8. The van der Waals surface area contributed by atoms with Gasteiger partial charge in [-0.15, -0.1) is 0 Å². The minimum atomic E-state index is -0.498.